The lowest BCUT2D eigenvalue weighted by molar-refractivity contribution is -0.117. The van der Waals surface area contributed by atoms with E-state index in [4.69, 9.17) is 5.73 Å². The van der Waals surface area contributed by atoms with Crippen LogP contribution in [0.4, 0.5) is 11.5 Å². The van der Waals surface area contributed by atoms with Gasteiger partial charge >= 0.3 is 0 Å². The number of carbonyl (C=O) groups is 1. The average molecular weight is 398 g/mol. The molecular weight excluding hydrogens is 376 g/mol. The molecule has 0 unspecified atom stereocenters. The first-order chi connectivity index (χ1) is 13.5. The van der Waals surface area contributed by atoms with E-state index in [2.05, 4.69) is 20.3 Å². The van der Waals surface area contributed by atoms with Gasteiger partial charge in [0.15, 0.2) is 0 Å². The number of amides is 1. The van der Waals surface area contributed by atoms with Gasteiger partial charge in [-0.15, -0.1) is 0 Å². The standard InChI is InChI=1S/C19H22N6O2S/c1-12(20)17(27)21-14-7-5-6-13(10-14)18-23-25-16(26)11-15(22-19(25)28-18)24-8-3-2-4-9-24/h5-7,10-12H,2-4,8-9,20H2,1H3,(H,21,27)/t12-/m1/s1. The molecule has 3 N–H and O–H groups in total. The summed E-state index contributed by atoms with van der Waals surface area (Å²) in [5, 5.41) is 7.86. The smallest absolute Gasteiger partial charge is 0.277 e. The number of aromatic nitrogens is 3. The van der Waals surface area contributed by atoms with E-state index in [1.165, 1.54) is 22.3 Å². The molecule has 0 aliphatic carbocycles. The molecule has 4 rings (SSSR count). The van der Waals surface area contributed by atoms with Gasteiger partial charge in [0.05, 0.1) is 6.04 Å². The monoisotopic (exact) mass is 398 g/mol. The number of piperidine rings is 1. The first-order valence-corrected chi connectivity index (χ1v) is 10.2. The maximum atomic E-state index is 12.5. The van der Waals surface area contributed by atoms with Crippen LogP contribution in [0, 0.1) is 0 Å². The Hall–Kier alpha value is -2.78. The van der Waals surface area contributed by atoms with Crippen LogP contribution in [0.1, 0.15) is 26.2 Å². The molecule has 3 aromatic rings. The van der Waals surface area contributed by atoms with Crippen molar-refractivity contribution in [1.29, 1.82) is 0 Å². The van der Waals surface area contributed by atoms with Crippen LogP contribution in [0.2, 0.25) is 0 Å². The van der Waals surface area contributed by atoms with Crippen molar-refractivity contribution in [3.05, 3.63) is 40.7 Å². The molecule has 3 heterocycles. The van der Waals surface area contributed by atoms with Gasteiger partial charge < -0.3 is 16.0 Å². The molecular formula is C19H22N6O2S. The minimum Gasteiger partial charge on any atom is -0.356 e. The number of nitrogens with zero attached hydrogens (tertiary/aromatic N) is 4. The van der Waals surface area contributed by atoms with Gasteiger partial charge in [0, 0.05) is 30.4 Å². The van der Waals surface area contributed by atoms with Crippen molar-refractivity contribution in [2.75, 3.05) is 23.3 Å². The summed E-state index contributed by atoms with van der Waals surface area (Å²) >= 11 is 1.35. The van der Waals surface area contributed by atoms with Crippen LogP contribution < -0.4 is 21.5 Å². The predicted octanol–water partition coefficient (Wildman–Crippen LogP) is 2.09. The maximum absolute atomic E-state index is 12.5. The van der Waals surface area contributed by atoms with Crippen LogP contribution in [0.3, 0.4) is 0 Å². The van der Waals surface area contributed by atoms with Crippen molar-refractivity contribution in [2.24, 2.45) is 5.73 Å². The first kappa shape index (κ1) is 18.6. The van der Waals surface area contributed by atoms with Gasteiger partial charge in [-0.25, -0.2) is 4.98 Å². The second kappa shape index (κ2) is 7.69. The summed E-state index contributed by atoms with van der Waals surface area (Å²) < 4.78 is 1.33. The minimum absolute atomic E-state index is 0.186. The van der Waals surface area contributed by atoms with Crippen LogP contribution in [0.25, 0.3) is 15.5 Å². The quantitative estimate of drug-likeness (QED) is 0.697. The predicted molar refractivity (Wildman–Crippen MR) is 111 cm³/mol. The lowest BCUT2D eigenvalue weighted by Gasteiger charge is -2.27. The van der Waals surface area contributed by atoms with Crippen LogP contribution >= 0.6 is 11.3 Å². The fourth-order valence-corrected chi connectivity index (χ4v) is 4.08. The summed E-state index contributed by atoms with van der Waals surface area (Å²) in [6, 6.07) is 8.27. The number of rotatable bonds is 4. The first-order valence-electron chi connectivity index (χ1n) is 9.34. The van der Waals surface area contributed by atoms with E-state index in [-0.39, 0.29) is 11.5 Å². The molecule has 8 nitrogen and oxygen atoms in total. The van der Waals surface area contributed by atoms with Crippen LogP contribution in [-0.4, -0.2) is 39.6 Å². The minimum atomic E-state index is -0.595. The number of benzene rings is 1. The molecule has 2 aromatic heterocycles. The van der Waals surface area contributed by atoms with E-state index < -0.39 is 6.04 Å². The van der Waals surface area contributed by atoms with E-state index in [9.17, 15) is 9.59 Å². The Morgan fingerprint density at radius 3 is 2.79 bits per heavy atom. The highest BCUT2D eigenvalue weighted by molar-refractivity contribution is 7.19. The highest BCUT2D eigenvalue weighted by Crippen LogP contribution is 2.27. The van der Waals surface area contributed by atoms with E-state index in [1.807, 2.05) is 18.2 Å². The molecule has 0 spiro atoms. The molecule has 1 atom stereocenters. The molecule has 146 valence electrons. The third-order valence-electron chi connectivity index (χ3n) is 4.70. The zero-order chi connectivity index (χ0) is 19.7. The number of anilines is 2. The number of hydrogen-bond donors (Lipinski definition) is 2. The molecule has 9 heteroatoms. The van der Waals surface area contributed by atoms with Crippen LogP contribution in [0.15, 0.2) is 35.1 Å². The Labute approximate surface area is 166 Å². The van der Waals surface area contributed by atoms with Gasteiger partial charge in [0.1, 0.15) is 10.8 Å². The molecule has 0 saturated carbocycles. The summed E-state index contributed by atoms with van der Waals surface area (Å²) in [4.78, 5) is 31.8. The van der Waals surface area contributed by atoms with Gasteiger partial charge in [0.2, 0.25) is 10.9 Å². The SMILES string of the molecule is C[C@@H](N)C(=O)Nc1cccc(-c2nn3c(=O)cc(N4CCCCC4)nc3s2)c1. The highest BCUT2D eigenvalue weighted by Gasteiger charge is 2.17. The summed E-state index contributed by atoms with van der Waals surface area (Å²) in [6.07, 6.45) is 3.46. The molecule has 0 radical (unpaired) electrons. The number of hydrogen-bond acceptors (Lipinski definition) is 7. The second-order valence-electron chi connectivity index (χ2n) is 6.96. The van der Waals surface area contributed by atoms with E-state index >= 15 is 0 Å². The molecule has 28 heavy (non-hydrogen) atoms. The van der Waals surface area contributed by atoms with Crippen molar-refractivity contribution in [1.82, 2.24) is 14.6 Å². The van der Waals surface area contributed by atoms with Crippen molar-refractivity contribution in [3.8, 4) is 10.6 Å². The van der Waals surface area contributed by atoms with Gasteiger partial charge in [-0.2, -0.15) is 9.61 Å². The number of nitrogens with one attached hydrogen (secondary N) is 1. The molecule has 1 saturated heterocycles. The summed E-state index contributed by atoms with van der Waals surface area (Å²) in [6.45, 7) is 3.48. The Morgan fingerprint density at radius 2 is 2.04 bits per heavy atom. The maximum Gasteiger partial charge on any atom is 0.277 e. The van der Waals surface area contributed by atoms with Gasteiger partial charge in [-0.05, 0) is 38.3 Å². The number of carbonyl (C=O) groups excluding carboxylic acids is 1. The average Bonchev–Trinajstić information content (AvgIpc) is 3.14. The van der Waals surface area contributed by atoms with Crippen molar-refractivity contribution in [2.45, 2.75) is 32.2 Å². The third-order valence-corrected chi connectivity index (χ3v) is 5.66. The van der Waals surface area contributed by atoms with Gasteiger partial charge in [-0.3, -0.25) is 9.59 Å². The summed E-state index contributed by atoms with van der Waals surface area (Å²) in [5.41, 5.74) is 6.85. The normalized spacial score (nSPS) is 15.6. The fraction of sp³-hybridized carbons (Fsp3) is 0.368. The Balaban J connectivity index is 1.67. The zero-order valence-corrected chi connectivity index (χ0v) is 16.4. The Morgan fingerprint density at radius 1 is 1.25 bits per heavy atom. The van der Waals surface area contributed by atoms with Crippen LogP contribution in [-0.2, 0) is 4.79 Å². The highest BCUT2D eigenvalue weighted by atomic mass is 32.1. The zero-order valence-electron chi connectivity index (χ0n) is 15.6. The van der Waals surface area contributed by atoms with E-state index in [0.717, 1.165) is 37.3 Å². The van der Waals surface area contributed by atoms with E-state index in [1.54, 1.807) is 19.1 Å². The molecule has 1 amide bonds. The number of fused-ring (bicyclic) bond motifs is 1. The van der Waals surface area contributed by atoms with Crippen molar-refractivity contribution >= 4 is 33.7 Å². The fourth-order valence-electron chi connectivity index (χ4n) is 3.19. The van der Waals surface area contributed by atoms with Gasteiger partial charge in [-0.1, -0.05) is 23.5 Å². The lowest BCUT2D eigenvalue weighted by atomic mass is 10.1. The second-order valence-corrected chi connectivity index (χ2v) is 7.92. The molecule has 1 aliphatic heterocycles. The lowest BCUT2D eigenvalue weighted by Crippen LogP contribution is -2.32. The molecule has 1 aromatic carbocycles. The van der Waals surface area contributed by atoms with Crippen LogP contribution in [0.5, 0.6) is 0 Å². The Bertz CT molecular complexity index is 1070. The third kappa shape index (κ3) is 3.76. The summed E-state index contributed by atoms with van der Waals surface area (Å²) in [5.74, 6) is 0.461. The molecule has 1 aliphatic rings. The number of nitrogens with two attached hydrogens (primary N) is 1. The Kier molecular flexibility index (Phi) is 5.10. The largest absolute Gasteiger partial charge is 0.356 e. The van der Waals surface area contributed by atoms with Gasteiger partial charge in [0.25, 0.3) is 5.56 Å². The molecule has 0 bridgehead atoms. The van der Waals surface area contributed by atoms with E-state index in [0.29, 0.717) is 15.7 Å². The topological polar surface area (TPSA) is 106 Å². The summed E-state index contributed by atoms with van der Waals surface area (Å²) in [7, 11) is 0. The van der Waals surface area contributed by atoms with Crippen molar-refractivity contribution < 1.29 is 4.79 Å². The van der Waals surface area contributed by atoms with Crippen molar-refractivity contribution in [3.63, 3.8) is 0 Å². The molecule has 1 fully saturated rings.